The molecular weight excluding hydrogens is 362 g/mol. The van der Waals surface area contributed by atoms with E-state index in [0.717, 1.165) is 17.1 Å². The molecule has 1 N–H and O–H groups in total. The van der Waals surface area contributed by atoms with E-state index in [2.05, 4.69) is 19.9 Å². The molecule has 0 unspecified atom stereocenters. The summed E-state index contributed by atoms with van der Waals surface area (Å²) in [6.07, 6.45) is 1.58. The minimum atomic E-state index is -0.991. The second-order valence-electron chi connectivity index (χ2n) is 7.40. The van der Waals surface area contributed by atoms with Crippen LogP contribution in [0.2, 0.25) is 0 Å². The van der Waals surface area contributed by atoms with Crippen LogP contribution in [0.5, 0.6) is 6.01 Å². The molecule has 0 radical (unpaired) electrons. The molecule has 0 saturated carbocycles. The number of anilines is 1. The first-order valence-electron chi connectivity index (χ1n) is 9.30. The molecule has 0 atom stereocenters. The second-order valence-corrected chi connectivity index (χ2v) is 7.40. The Kier molecular flexibility index (Phi) is 6.25. The van der Waals surface area contributed by atoms with Crippen LogP contribution in [-0.4, -0.2) is 64.8 Å². The largest absolute Gasteiger partial charge is 0.464 e. The maximum absolute atomic E-state index is 9.90. The summed E-state index contributed by atoms with van der Waals surface area (Å²) in [6.45, 7) is 10.3. The van der Waals surface area contributed by atoms with Crippen molar-refractivity contribution in [3.05, 3.63) is 29.0 Å². The molecule has 28 heavy (non-hydrogen) atoms. The van der Waals surface area contributed by atoms with Crippen LogP contribution >= 0.6 is 0 Å². The van der Waals surface area contributed by atoms with Crippen molar-refractivity contribution in [2.45, 2.75) is 39.8 Å². The van der Waals surface area contributed by atoms with Gasteiger partial charge in [-0.15, -0.1) is 0 Å². The molecule has 0 spiro atoms. The van der Waals surface area contributed by atoms with Gasteiger partial charge < -0.3 is 23.9 Å². The van der Waals surface area contributed by atoms with E-state index in [1.807, 2.05) is 24.8 Å². The van der Waals surface area contributed by atoms with E-state index in [-0.39, 0.29) is 12.6 Å². The van der Waals surface area contributed by atoms with Gasteiger partial charge in [-0.2, -0.15) is 15.0 Å². The molecule has 1 aliphatic rings. The van der Waals surface area contributed by atoms with Crippen molar-refractivity contribution in [1.82, 2.24) is 15.0 Å². The summed E-state index contributed by atoms with van der Waals surface area (Å²) in [7, 11) is 0. The number of rotatable bonds is 7. The molecule has 0 aliphatic carbocycles. The first kappa shape index (κ1) is 20.2. The van der Waals surface area contributed by atoms with Crippen LogP contribution in [0.4, 0.5) is 5.95 Å². The summed E-state index contributed by atoms with van der Waals surface area (Å²) in [6, 6.07) is 2.13. The second kappa shape index (κ2) is 8.66. The fourth-order valence-corrected chi connectivity index (χ4v) is 2.57. The highest BCUT2D eigenvalue weighted by Gasteiger charge is 2.19. The van der Waals surface area contributed by atoms with Gasteiger partial charge in [0, 0.05) is 13.1 Å². The quantitative estimate of drug-likeness (QED) is 0.713. The average Bonchev–Trinajstić information content (AvgIpc) is 2.98. The number of morpholine rings is 1. The summed E-state index contributed by atoms with van der Waals surface area (Å²) in [5, 5.41) is 9.90. The van der Waals surface area contributed by atoms with E-state index in [1.165, 1.54) is 0 Å². The maximum Gasteiger partial charge on any atom is 0.321 e. The van der Waals surface area contributed by atoms with Gasteiger partial charge >= 0.3 is 6.01 Å². The number of nitrogens with zero attached hydrogens (tertiary/aromatic N) is 5. The van der Waals surface area contributed by atoms with Crippen molar-refractivity contribution in [3.8, 4) is 6.01 Å². The Balaban J connectivity index is 1.78. The molecule has 2 aromatic rings. The predicted molar refractivity (Wildman–Crippen MR) is 104 cm³/mol. The van der Waals surface area contributed by atoms with Crippen molar-refractivity contribution in [1.29, 1.82) is 0 Å². The summed E-state index contributed by atoms with van der Waals surface area (Å²) < 4.78 is 16.6. The number of aryl methyl sites for hydroxylation is 2. The lowest BCUT2D eigenvalue weighted by Gasteiger charge is -2.27. The van der Waals surface area contributed by atoms with Crippen molar-refractivity contribution in [3.63, 3.8) is 0 Å². The van der Waals surface area contributed by atoms with Crippen LogP contribution in [0.25, 0.3) is 0 Å². The highest BCUT2D eigenvalue weighted by atomic mass is 16.5. The van der Waals surface area contributed by atoms with Gasteiger partial charge in [-0.25, -0.2) is 0 Å². The number of aromatic nitrogens is 3. The minimum absolute atomic E-state index is 0.0705. The Bertz CT molecular complexity index is 803. The molecule has 3 heterocycles. The summed E-state index contributed by atoms with van der Waals surface area (Å²) >= 11 is 0. The first-order valence-corrected chi connectivity index (χ1v) is 9.30. The molecule has 152 valence electrons. The first-order chi connectivity index (χ1) is 13.3. The number of aliphatic imine (C=N–C) groups is 1. The fourth-order valence-electron chi connectivity index (χ4n) is 2.57. The van der Waals surface area contributed by atoms with Crippen LogP contribution in [0.15, 0.2) is 15.5 Å². The van der Waals surface area contributed by atoms with Crippen molar-refractivity contribution >= 4 is 12.2 Å². The van der Waals surface area contributed by atoms with Gasteiger partial charge in [0.05, 0.1) is 31.6 Å². The fraction of sp³-hybridized carbons (Fsp3) is 0.579. The zero-order valence-corrected chi connectivity index (χ0v) is 16.8. The number of hydrogen-bond acceptors (Lipinski definition) is 9. The zero-order chi connectivity index (χ0) is 20.1. The van der Waals surface area contributed by atoms with Crippen LogP contribution in [0.1, 0.15) is 36.8 Å². The summed E-state index contributed by atoms with van der Waals surface area (Å²) in [5.41, 5.74) is 0.108. The third-order valence-corrected chi connectivity index (χ3v) is 4.14. The third-order valence-electron chi connectivity index (χ3n) is 4.14. The zero-order valence-electron chi connectivity index (χ0n) is 16.8. The van der Waals surface area contributed by atoms with Crippen LogP contribution in [-0.2, 0) is 11.3 Å². The van der Waals surface area contributed by atoms with Gasteiger partial charge in [-0.05, 0) is 39.3 Å². The van der Waals surface area contributed by atoms with E-state index < -0.39 is 5.60 Å². The number of aliphatic hydroxyl groups is 1. The molecule has 0 aromatic carbocycles. The van der Waals surface area contributed by atoms with Gasteiger partial charge in [-0.3, -0.25) is 4.99 Å². The van der Waals surface area contributed by atoms with E-state index in [1.54, 1.807) is 20.1 Å². The van der Waals surface area contributed by atoms with Gasteiger partial charge in [0.15, 0.2) is 5.82 Å². The molecule has 1 fully saturated rings. The molecule has 0 bridgehead atoms. The molecule has 1 saturated heterocycles. The van der Waals surface area contributed by atoms with Gasteiger partial charge in [0.2, 0.25) is 5.95 Å². The van der Waals surface area contributed by atoms with E-state index in [0.29, 0.717) is 44.6 Å². The lowest BCUT2D eigenvalue weighted by Crippen LogP contribution is -2.37. The molecule has 9 nitrogen and oxygen atoms in total. The van der Waals surface area contributed by atoms with Crippen molar-refractivity contribution in [2.24, 2.45) is 4.99 Å². The summed E-state index contributed by atoms with van der Waals surface area (Å²) in [4.78, 5) is 19.5. The Hall–Kier alpha value is -2.52. The van der Waals surface area contributed by atoms with Crippen LogP contribution in [0.3, 0.4) is 0 Å². The van der Waals surface area contributed by atoms with Gasteiger partial charge in [-0.1, -0.05) is 0 Å². The molecule has 9 heteroatoms. The molecular formula is C19H27N5O4. The van der Waals surface area contributed by atoms with E-state index >= 15 is 0 Å². The maximum atomic E-state index is 9.90. The highest BCUT2D eigenvalue weighted by Crippen LogP contribution is 2.16. The highest BCUT2D eigenvalue weighted by molar-refractivity contribution is 5.75. The Morgan fingerprint density at radius 3 is 2.64 bits per heavy atom. The van der Waals surface area contributed by atoms with Crippen LogP contribution in [0, 0.1) is 13.8 Å². The SMILES string of the molecule is Cc1cc(CN=Cc2nc(OCC(C)(C)O)nc(N3CCOCC3)n2)oc1C. The lowest BCUT2D eigenvalue weighted by atomic mass is 10.2. The molecule has 2 aromatic heterocycles. The standard InChI is InChI=1S/C19H27N5O4/c1-13-9-15(28-14(13)2)10-20-11-16-21-17(24-5-7-26-8-6-24)23-18(22-16)27-12-19(3,4)25/h9,11,25H,5-8,10,12H2,1-4H3. The van der Waals surface area contributed by atoms with Gasteiger partial charge in [0.1, 0.15) is 18.1 Å². The van der Waals surface area contributed by atoms with Crippen LogP contribution < -0.4 is 9.64 Å². The normalized spacial score (nSPS) is 15.4. The number of hydrogen-bond donors (Lipinski definition) is 1. The predicted octanol–water partition coefficient (Wildman–Crippen LogP) is 1.69. The smallest absolute Gasteiger partial charge is 0.321 e. The van der Waals surface area contributed by atoms with Crippen molar-refractivity contribution in [2.75, 3.05) is 37.8 Å². The number of furan rings is 1. The Morgan fingerprint density at radius 2 is 2.00 bits per heavy atom. The Morgan fingerprint density at radius 1 is 1.25 bits per heavy atom. The summed E-state index contributed by atoms with van der Waals surface area (Å²) in [5.74, 6) is 2.58. The molecule has 3 rings (SSSR count). The monoisotopic (exact) mass is 389 g/mol. The lowest BCUT2D eigenvalue weighted by molar-refractivity contribution is 0.0249. The average molecular weight is 389 g/mol. The topological polar surface area (TPSA) is 106 Å². The number of ether oxygens (including phenoxy) is 2. The molecule has 0 amide bonds. The molecule has 1 aliphatic heterocycles. The Labute approximate surface area is 164 Å². The van der Waals surface area contributed by atoms with E-state index in [4.69, 9.17) is 13.9 Å². The van der Waals surface area contributed by atoms with Gasteiger partial charge in [0.25, 0.3) is 0 Å². The van der Waals surface area contributed by atoms with E-state index in [9.17, 15) is 5.11 Å². The third kappa shape index (κ3) is 5.74. The minimum Gasteiger partial charge on any atom is -0.464 e. The van der Waals surface area contributed by atoms with Crippen molar-refractivity contribution < 1.29 is 19.0 Å².